The fourth-order valence-electron chi connectivity index (χ4n) is 2.81. The van der Waals surface area contributed by atoms with E-state index in [4.69, 9.17) is 5.73 Å². The van der Waals surface area contributed by atoms with Crippen LogP contribution in [0.1, 0.15) is 50.8 Å². The monoisotopic (exact) mass is 417 g/mol. The molecule has 0 saturated carbocycles. The molecule has 3 aromatic rings. The van der Waals surface area contributed by atoms with Crippen molar-refractivity contribution in [1.82, 2.24) is 0 Å². The molecule has 0 aliphatic carbocycles. The first-order chi connectivity index (χ1) is 15.1. The fourth-order valence-corrected chi connectivity index (χ4v) is 2.81. The molecule has 2 N–H and O–H groups in total. The van der Waals surface area contributed by atoms with E-state index < -0.39 is 0 Å². The van der Waals surface area contributed by atoms with E-state index in [0.717, 1.165) is 17.0 Å². The molecule has 31 heavy (non-hydrogen) atoms. The van der Waals surface area contributed by atoms with Crippen molar-refractivity contribution in [3.8, 4) is 12.8 Å². The molecule has 0 spiro atoms. The number of hydrogen-bond acceptors (Lipinski definition) is 1. The number of benzene rings is 3. The standard InChI is InChI=1S/C13H13N.C8H16.C6H5F.C2H2/c14-13(11-7-3-1-4-8-11)12-9-5-2-6-10-12;1-4-6-8(3)7-5-2;7-6-4-2-1-3-5-6;1-2/h1-10,13H,14H2;4,6,8H,5,7H2,1-3H3;1-5H;1-2H/b;6-4-;;/t;8-;;/m.1../s1. The van der Waals surface area contributed by atoms with Gasteiger partial charge in [-0.15, -0.1) is 12.8 Å². The summed E-state index contributed by atoms with van der Waals surface area (Å²) >= 11 is 0. The summed E-state index contributed by atoms with van der Waals surface area (Å²) in [7, 11) is 0. The van der Waals surface area contributed by atoms with Gasteiger partial charge in [0.05, 0.1) is 6.04 Å². The Morgan fingerprint density at radius 3 is 1.48 bits per heavy atom. The smallest absolute Gasteiger partial charge is 0.123 e. The van der Waals surface area contributed by atoms with Crippen LogP contribution in [0, 0.1) is 24.6 Å². The Balaban J connectivity index is 0.000000454. The van der Waals surface area contributed by atoms with Gasteiger partial charge in [0.25, 0.3) is 0 Å². The molecule has 0 heterocycles. The summed E-state index contributed by atoms with van der Waals surface area (Å²) in [6, 6.07) is 28.2. The van der Waals surface area contributed by atoms with E-state index >= 15 is 0 Å². The zero-order valence-corrected chi connectivity index (χ0v) is 19.0. The summed E-state index contributed by atoms with van der Waals surface area (Å²) in [5.74, 6) is 0.604. The molecule has 1 nitrogen and oxygen atoms in total. The van der Waals surface area contributed by atoms with Gasteiger partial charge in [-0.25, -0.2) is 4.39 Å². The Morgan fingerprint density at radius 1 is 0.806 bits per heavy atom. The SMILES string of the molecule is C#C.C/C=C\[C@@H](C)CCC.Fc1ccccc1.NC(c1ccccc1)c1ccccc1. The van der Waals surface area contributed by atoms with Gasteiger partial charge in [-0.3, -0.25) is 0 Å². The van der Waals surface area contributed by atoms with Crippen molar-refractivity contribution in [2.45, 2.75) is 39.7 Å². The van der Waals surface area contributed by atoms with Crippen molar-refractivity contribution < 1.29 is 4.39 Å². The summed E-state index contributed by atoms with van der Waals surface area (Å²) in [6.45, 7) is 6.55. The van der Waals surface area contributed by atoms with Crippen LogP contribution in [0.3, 0.4) is 0 Å². The minimum absolute atomic E-state index is 0.0163. The molecule has 0 saturated heterocycles. The van der Waals surface area contributed by atoms with Crippen molar-refractivity contribution >= 4 is 0 Å². The number of nitrogens with two attached hydrogens (primary N) is 1. The molecule has 2 heteroatoms. The van der Waals surface area contributed by atoms with Crippen molar-refractivity contribution in [2.75, 3.05) is 0 Å². The average molecular weight is 418 g/mol. The van der Waals surface area contributed by atoms with Gasteiger partial charge in [-0.2, -0.15) is 0 Å². The first kappa shape index (κ1) is 27.8. The van der Waals surface area contributed by atoms with Crippen molar-refractivity contribution in [3.05, 3.63) is 120 Å². The highest BCUT2D eigenvalue weighted by molar-refractivity contribution is 5.30. The summed E-state index contributed by atoms with van der Waals surface area (Å²) in [5, 5.41) is 0. The van der Waals surface area contributed by atoms with Gasteiger partial charge in [0.2, 0.25) is 0 Å². The second-order valence-corrected chi connectivity index (χ2v) is 6.89. The quantitative estimate of drug-likeness (QED) is 0.332. The molecular formula is C29H36FN. The highest BCUT2D eigenvalue weighted by Crippen LogP contribution is 2.18. The maximum absolute atomic E-state index is 11.9. The van der Waals surface area contributed by atoms with Crippen LogP contribution in [0.15, 0.2) is 103 Å². The Morgan fingerprint density at radius 2 is 1.19 bits per heavy atom. The molecule has 0 aliphatic heterocycles. The van der Waals surface area contributed by atoms with Crippen LogP contribution in [0.2, 0.25) is 0 Å². The number of hydrogen-bond donors (Lipinski definition) is 1. The highest BCUT2D eigenvalue weighted by atomic mass is 19.1. The predicted octanol–water partition coefficient (Wildman–Crippen LogP) is 7.81. The third-order valence-electron chi connectivity index (χ3n) is 4.32. The molecule has 0 bridgehead atoms. The zero-order valence-electron chi connectivity index (χ0n) is 19.0. The normalized spacial score (nSPS) is 10.6. The van der Waals surface area contributed by atoms with E-state index in [0.29, 0.717) is 0 Å². The van der Waals surface area contributed by atoms with E-state index in [1.54, 1.807) is 18.2 Å². The maximum atomic E-state index is 11.9. The molecule has 0 aliphatic rings. The topological polar surface area (TPSA) is 26.0 Å². The van der Waals surface area contributed by atoms with Crippen molar-refractivity contribution in [3.63, 3.8) is 0 Å². The van der Waals surface area contributed by atoms with Gasteiger partial charge in [0.1, 0.15) is 5.82 Å². The third-order valence-corrected chi connectivity index (χ3v) is 4.32. The van der Waals surface area contributed by atoms with Crippen LogP contribution in [-0.2, 0) is 0 Å². The Labute approximate surface area is 188 Å². The largest absolute Gasteiger partial charge is 0.320 e. The second kappa shape index (κ2) is 18.9. The summed E-state index contributed by atoms with van der Waals surface area (Å²) < 4.78 is 11.9. The average Bonchev–Trinajstić information content (AvgIpc) is 2.83. The summed E-state index contributed by atoms with van der Waals surface area (Å²) in [4.78, 5) is 0. The van der Waals surface area contributed by atoms with E-state index in [1.165, 1.54) is 25.0 Å². The van der Waals surface area contributed by atoms with Gasteiger partial charge < -0.3 is 5.73 Å². The highest BCUT2D eigenvalue weighted by Gasteiger charge is 2.06. The first-order valence-corrected chi connectivity index (χ1v) is 10.6. The van der Waals surface area contributed by atoms with Gasteiger partial charge in [0, 0.05) is 0 Å². The number of halogens is 1. The van der Waals surface area contributed by atoms with Crippen molar-refractivity contribution in [2.24, 2.45) is 11.7 Å². The molecule has 0 fully saturated rings. The van der Waals surface area contributed by atoms with Crippen LogP contribution in [-0.4, -0.2) is 0 Å². The minimum Gasteiger partial charge on any atom is -0.320 e. The van der Waals surface area contributed by atoms with Crippen LogP contribution in [0.25, 0.3) is 0 Å². The van der Waals surface area contributed by atoms with Crippen LogP contribution >= 0.6 is 0 Å². The Hall–Kier alpha value is -3.15. The molecule has 3 rings (SSSR count). The molecule has 0 radical (unpaired) electrons. The van der Waals surface area contributed by atoms with E-state index in [1.807, 2.05) is 36.4 Å². The lowest BCUT2D eigenvalue weighted by molar-refractivity contribution is 0.628. The number of terminal acetylenes is 1. The fraction of sp³-hybridized carbons (Fsp3) is 0.241. The van der Waals surface area contributed by atoms with E-state index in [9.17, 15) is 4.39 Å². The second-order valence-electron chi connectivity index (χ2n) is 6.89. The molecule has 0 amide bonds. The number of allylic oxidation sites excluding steroid dienone is 2. The van der Waals surface area contributed by atoms with Crippen molar-refractivity contribution in [1.29, 1.82) is 0 Å². The molecular weight excluding hydrogens is 381 g/mol. The molecule has 3 aromatic carbocycles. The number of rotatable bonds is 5. The first-order valence-electron chi connectivity index (χ1n) is 10.6. The molecule has 1 atom stereocenters. The summed E-state index contributed by atoms with van der Waals surface area (Å²) in [5.41, 5.74) is 8.42. The van der Waals surface area contributed by atoms with E-state index in [-0.39, 0.29) is 11.9 Å². The lowest BCUT2D eigenvalue weighted by Gasteiger charge is -2.11. The minimum atomic E-state index is -0.178. The lowest BCUT2D eigenvalue weighted by Crippen LogP contribution is -2.11. The predicted molar refractivity (Wildman–Crippen MR) is 134 cm³/mol. The molecule has 164 valence electrons. The van der Waals surface area contributed by atoms with Gasteiger partial charge in [-0.1, -0.05) is 111 Å². The maximum Gasteiger partial charge on any atom is 0.123 e. The van der Waals surface area contributed by atoms with E-state index in [2.05, 4.69) is 70.0 Å². The Bertz CT molecular complexity index is 771. The van der Waals surface area contributed by atoms with Crippen LogP contribution < -0.4 is 5.73 Å². The van der Waals surface area contributed by atoms with Crippen LogP contribution in [0.5, 0.6) is 0 Å². The zero-order chi connectivity index (χ0) is 23.3. The van der Waals surface area contributed by atoms with Gasteiger partial charge in [0.15, 0.2) is 0 Å². The third kappa shape index (κ3) is 13.7. The molecule has 0 unspecified atom stereocenters. The van der Waals surface area contributed by atoms with Gasteiger partial charge in [-0.05, 0) is 42.5 Å². The lowest BCUT2D eigenvalue weighted by atomic mass is 10.00. The Kier molecular flexibility index (Phi) is 16.9. The summed E-state index contributed by atoms with van der Waals surface area (Å²) in [6.07, 6.45) is 15.0. The molecule has 0 aromatic heterocycles. The van der Waals surface area contributed by atoms with Gasteiger partial charge >= 0.3 is 0 Å². The van der Waals surface area contributed by atoms with Crippen LogP contribution in [0.4, 0.5) is 4.39 Å².